The van der Waals surface area contributed by atoms with Crippen LogP contribution in [0.3, 0.4) is 0 Å². The number of carbonyl (C=O) groups is 1. The maximum atomic E-state index is 12.6. The van der Waals surface area contributed by atoms with Crippen molar-refractivity contribution < 1.29 is 28.5 Å². The van der Waals surface area contributed by atoms with Crippen LogP contribution in [0.5, 0.6) is 0 Å². The average Bonchev–Trinajstić information content (AvgIpc) is 3.33. The Hall–Kier alpha value is -0.671. The summed E-state index contributed by atoms with van der Waals surface area (Å²) in [5.41, 5.74) is 1.10. The molecule has 36 heavy (non-hydrogen) atoms. The first-order valence-corrected chi connectivity index (χ1v) is 21.8. The zero-order chi connectivity index (χ0) is 26.2. The van der Waals surface area contributed by atoms with Gasteiger partial charge in [-0.1, -0.05) is 0 Å². The molecular formula is C29H48O6Sn. The molecule has 0 bridgehead atoms. The minimum atomic E-state index is -3.10. The van der Waals surface area contributed by atoms with E-state index in [0.717, 1.165) is 24.8 Å². The molecule has 1 aromatic carbocycles. The molecule has 1 unspecified atom stereocenters. The number of benzene rings is 1. The zero-order valence-corrected chi connectivity index (χ0v) is 26.1. The van der Waals surface area contributed by atoms with Gasteiger partial charge in [-0.25, -0.2) is 0 Å². The van der Waals surface area contributed by atoms with Gasteiger partial charge < -0.3 is 0 Å². The molecular weight excluding hydrogens is 563 g/mol. The second-order valence-electron chi connectivity index (χ2n) is 11.0. The molecule has 0 aromatic heterocycles. The van der Waals surface area contributed by atoms with Gasteiger partial charge in [0, 0.05) is 0 Å². The number of rotatable bonds is 15. The molecule has 0 N–H and O–H groups in total. The van der Waals surface area contributed by atoms with E-state index in [4.69, 9.17) is 23.7 Å². The first-order chi connectivity index (χ1) is 17.2. The molecule has 0 radical (unpaired) electrons. The van der Waals surface area contributed by atoms with Crippen molar-refractivity contribution in [1.82, 2.24) is 0 Å². The normalized spacial score (nSPS) is 26.1. The van der Waals surface area contributed by atoms with Crippen molar-refractivity contribution in [3.8, 4) is 0 Å². The predicted molar refractivity (Wildman–Crippen MR) is 144 cm³/mol. The first-order valence-electron chi connectivity index (χ1n) is 14.1. The standard InChI is InChI=1S/C17H21O6.3C4H9.Sn/c1-11(18)19-10-13-14(20-9-12-7-5-4-6-8-12)15-16(21-13)23-17(2,3)22-15;3*1-3-4-2;/h4-8,10,13-16H,9H2,1-3H3;3*1,3-4H2,2H3;/t13-,14+,15-,16-;;;;/m1..../s1. The number of carbonyl (C=O) groups excluding carboxylic acids is 1. The van der Waals surface area contributed by atoms with Crippen LogP contribution >= 0.6 is 0 Å². The topological polar surface area (TPSA) is 63.2 Å². The zero-order valence-electron chi connectivity index (χ0n) is 23.3. The summed E-state index contributed by atoms with van der Waals surface area (Å²) >= 11 is -3.10. The van der Waals surface area contributed by atoms with Gasteiger partial charge in [-0.05, 0) is 0 Å². The van der Waals surface area contributed by atoms with Crippen molar-refractivity contribution in [2.45, 2.75) is 134 Å². The van der Waals surface area contributed by atoms with E-state index in [1.54, 1.807) is 0 Å². The molecule has 7 heteroatoms. The van der Waals surface area contributed by atoms with Crippen LogP contribution in [0.1, 0.15) is 85.6 Å². The Bertz CT molecular complexity index is 778. The molecule has 3 rings (SSSR count). The molecule has 0 spiro atoms. The number of esters is 1. The fourth-order valence-corrected chi connectivity index (χ4v) is 23.4. The first kappa shape index (κ1) is 29.9. The molecule has 6 nitrogen and oxygen atoms in total. The van der Waals surface area contributed by atoms with Crippen LogP contribution in [-0.4, -0.2) is 58.9 Å². The van der Waals surface area contributed by atoms with Crippen molar-refractivity contribution in [2.24, 2.45) is 0 Å². The molecule has 5 atom stereocenters. The van der Waals surface area contributed by atoms with Gasteiger partial charge in [-0.2, -0.15) is 0 Å². The quantitative estimate of drug-likeness (QED) is 0.161. The van der Waals surface area contributed by atoms with Crippen LogP contribution in [0, 0.1) is 0 Å². The van der Waals surface area contributed by atoms with E-state index in [0.29, 0.717) is 6.61 Å². The molecule has 2 heterocycles. The van der Waals surface area contributed by atoms with E-state index in [2.05, 4.69) is 32.9 Å². The Morgan fingerprint density at radius 3 is 2.08 bits per heavy atom. The summed E-state index contributed by atoms with van der Waals surface area (Å²) in [4.78, 5) is 12.6. The van der Waals surface area contributed by atoms with Crippen molar-refractivity contribution in [2.75, 3.05) is 0 Å². The Morgan fingerprint density at radius 2 is 1.56 bits per heavy atom. The molecule has 2 aliphatic rings. The van der Waals surface area contributed by atoms with Gasteiger partial charge >= 0.3 is 223 Å². The molecule has 0 saturated carbocycles. The third kappa shape index (κ3) is 7.68. The van der Waals surface area contributed by atoms with E-state index in [1.165, 1.54) is 39.5 Å². The summed E-state index contributed by atoms with van der Waals surface area (Å²) < 4.78 is 35.4. The summed E-state index contributed by atoms with van der Waals surface area (Å²) in [5, 5.41) is 0. The fourth-order valence-electron chi connectivity index (χ4n) is 5.81. The maximum absolute atomic E-state index is 12.6. The molecule has 2 aliphatic heterocycles. The third-order valence-electron chi connectivity index (χ3n) is 7.59. The van der Waals surface area contributed by atoms with Gasteiger partial charge in [0.15, 0.2) is 0 Å². The molecule has 0 amide bonds. The molecule has 204 valence electrons. The fraction of sp³-hybridized carbons (Fsp3) is 0.759. The average molecular weight is 611 g/mol. The number of hydrogen-bond donors (Lipinski definition) is 0. The van der Waals surface area contributed by atoms with Crippen molar-refractivity contribution in [1.29, 1.82) is 0 Å². The van der Waals surface area contributed by atoms with Crippen LogP contribution in [0.4, 0.5) is 0 Å². The van der Waals surface area contributed by atoms with Crippen molar-refractivity contribution in [3.63, 3.8) is 0 Å². The van der Waals surface area contributed by atoms with Crippen LogP contribution in [0.25, 0.3) is 0 Å². The molecule has 2 saturated heterocycles. The van der Waals surface area contributed by atoms with E-state index in [9.17, 15) is 4.79 Å². The third-order valence-corrected chi connectivity index (χ3v) is 23.9. The summed E-state index contributed by atoms with van der Waals surface area (Å²) in [5.74, 6) is -0.964. The molecule has 2 fully saturated rings. The van der Waals surface area contributed by atoms with Crippen LogP contribution in [-0.2, 0) is 35.1 Å². The summed E-state index contributed by atoms with van der Waals surface area (Å²) in [6, 6.07) is 10.2. The van der Waals surface area contributed by atoms with Crippen LogP contribution in [0.15, 0.2) is 30.3 Å². The number of unbranched alkanes of at least 4 members (excludes halogenated alkanes) is 3. The van der Waals surface area contributed by atoms with Gasteiger partial charge in [-0.3, -0.25) is 0 Å². The number of fused-ring (bicyclic) bond motifs is 1. The van der Waals surface area contributed by atoms with E-state index < -0.39 is 30.5 Å². The Morgan fingerprint density at radius 1 is 0.972 bits per heavy atom. The molecule has 1 aromatic rings. The van der Waals surface area contributed by atoms with Crippen molar-refractivity contribution >= 4 is 24.3 Å². The summed E-state index contributed by atoms with van der Waals surface area (Å²) in [6.45, 7) is 12.6. The Labute approximate surface area is 222 Å². The number of hydrogen-bond acceptors (Lipinski definition) is 6. The van der Waals surface area contributed by atoms with E-state index >= 15 is 0 Å². The second kappa shape index (κ2) is 13.9. The monoisotopic (exact) mass is 612 g/mol. The van der Waals surface area contributed by atoms with Crippen LogP contribution < -0.4 is 0 Å². The Balaban J connectivity index is 1.98. The number of ether oxygens (including phenoxy) is 5. The van der Waals surface area contributed by atoms with Gasteiger partial charge in [-0.15, -0.1) is 0 Å². The van der Waals surface area contributed by atoms with E-state index in [1.807, 2.05) is 32.0 Å². The Kier molecular flexibility index (Phi) is 11.6. The van der Waals surface area contributed by atoms with Gasteiger partial charge in [0.1, 0.15) is 0 Å². The second-order valence-corrected chi connectivity index (χ2v) is 24.7. The predicted octanol–water partition coefficient (Wildman–Crippen LogP) is 6.77. The summed E-state index contributed by atoms with van der Waals surface area (Å²) in [7, 11) is 0. The van der Waals surface area contributed by atoms with E-state index in [-0.39, 0.29) is 28.4 Å². The molecule has 0 aliphatic carbocycles. The van der Waals surface area contributed by atoms with Gasteiger partial charge in [0.2, 0.25) is 0 Å². The SMILES string of the molecule is CCC[CH2][Sn]([CH2]CCC)([CH2]CCC)[CH](OC(C)=O)[C@H]1O[C@@H]2OC(C)(C)O[C@@H]2[C@H]1OCc1ccccc1. The minimum absolute atomic E-state index is 0.219. The van der Waals surface area contributed by atoms with Crippen molar-refractivity contribution in [3.05, 3.63) is 35.9 Å². The van der Waals surface area contributed by atoms with Gasteiger partial charge in [0.25, 0.3) is 0 Å². The van der Waals surface area contributed by atoms with Crippen LogP contribution in [0.2, 0.25) is 13.3 Å². The van der Waals surface area contributed by atoms with Gasteiger partial charge in [0.05, 0.1) is 0 Å². The summed E-state index contributed by atoms with van der Waals surface area (Å²) in [6.07, 6.45) is 5.38.